The monoisotopic (exact) mass is 230 g/mol. The second kappa shape index (κ2) is 3.90. The van der Waals surface area contributed by atoms with E-state index in [1.54, 1.807) is 5.57 Å². The zero-order valence-electron chi connectivity index (χ0n) is 10.5. The molecule has 17 heavy (non-hydrogen) atoms. The highest BCUT2D eigenvalue weighted by molar-refractivity contribution is 5.34. The molecule has 4 rings (SSSR count). The molecule has 1 heterocycles. The summed E-state index contributed by atoms with van der Waals surface area (Å²) in [6.45, 7) is 0.962. The summed E-state index contributed by atoms with van der Waals surface area (Å²) in [5, 5.41) is 0. The quantitative estimate of drug-likeness (QED) is 0.609. The van der Waals surface area contributed by atoms with Crippen LogP contribution in [-0.2, 0) is 4.74 Å². The zero-order valence-corrected chi connectivity index (χ0v) is 10.5. The number of ether oxygens (including phenoxy) is 1. The topological polar surface area (TPSA) is 9.23 Å². The highest BCUT2D eigenvalue weighted by Gasteiger charge is 2.41. The molecule has 0 aromatic carbocycles. The van der Waals surface area contributed by atoms with Crippen molar-refractivity contribution in [2.75, 3.05) is 6.61 Å². The van der Waals surface area contributed by atoms with Gasteiger partial charge in [-0.3, -0.25) is 0 Å². The summed E-state index contributed by atoms with van der Waals surface area (Å²) in [7, 11) is 0. The van der Waals surface area contributed by atoms with Crippen LogP contribution in [-0.4, -0.2) is 6.61 Å². The Bertz CT molecular complexity index is 379. The third kappa shape index (κ3) is 1.51. The first-order valence-corrected chi connectivity index (χ1v) is 7.48. The molecule has 1 saturated heterocycles. The van der Waals surface area contributed by atoms with E-state index in [4.69, 9.17) is 4.74 Å². The van der Waals surface area contributed by atoms with Crippen LogP contribution in [0.5, 0.6) is 0 Å². The van der Waals surface area contributed by atoms with Crippen LogP contribution in [0, 0.1) is 23.7 Å². The molecule has 0 aromatic rings. The molecular formula is C16H22O. The number of hydrogen-bond donors (Lipinski definition) is 0. The van der Waals surface area contributed by atoms with Crippen LogP contribution in [0.4, 0.5) is 0 Å². The lowest BCUT2D eigenvalue weighted by molar-refractivity contribution is 0.0973. The molecule has 4 unspecified atom stereocenters. The van der Waals surface area contributed by atoms with E-state index in [9.17, 15) is 0 Å². The summed E-state index contributed by atoms with van der Waals surface area (Å²) < 4.78 is 6.03. The van der Waals surface area contributed by atoms with Crippen LogP contribution < -0.4 is 0 Å². The molecule has 0 amide bonds. The minimum atomic E-state index is 0.762. The lowest BCUT2D eigenvalue weighted by Crippen LogP contribution is -2.31. The Balaban J connectivity index is 1.74. The molecule has 0 radical (unpaired) electrons. The third-order valence-corrected chi connectivity index (χ3v) is 5.50. The van der Waals surface area contributed by atoms with Crippen LogP contribution in [0.1, 0.15) is 44.9 Å². The van der Waals surface area contributed by atoms with Crippen molar-refractivity contribution in [1.29, 1.82) is 0 Å². The number of hydrogen-bond acceptors (Lipinski definition) is 1. The molecular weight excluding hydrogens is 208 g/mol. The largest absolute Gasteiger partial charge is 0.497 e. The SMILES string of the molecule is C1=CC2CCCC2C2CCC3CCCOC3=C12. The van der Waals surface area contributed by atoms with E-state index in [0.717, 1.165) is 30.3 Å². The number of rotatable bonds is 0. The molecule has 1 saturated carbocycles. The third-order valence-electron chi connectivity index (χ3n) is 5.50. The standard InChI is InChI=1S/C16H22O/c1-3-11-6-9-15-14(13(11)5-1)8-7-12-4-2-10-17-16(12)15/h6,9,11-14H,1-5,7-8,10H2. The first-order valence-electron chi connectivity index (χ1n) is 7.48. The first kappa shape index (κ1) is 10.2. The van der Waals surface area contributed by atoms with Crippen molar-refractivity contribution >= 4 is 0 Å². The van der Waals surface area contributed by atoms with Crippen molar-refractivity contribution in [2.24, 2.45) is 23.7 Å². The zero-order chi connectivity index (χ0) is 11.2. The molecule has 3 aliphatic carbocycles. The molecule has 0 aromatic heterocycles. The highest BCUT2D eigenvalue weighted by atomic mass is 16.5. The van der Waals surface area contributed by atoms with Crippen molar-refractivity contribution in [3.05, 3.63) is 23.5 Å². The molecule has 1 heteroatoms. The molecule has 1 nitrogen and oxygen atoms in total. The fourth-order valence-corrected chi connectivity index (χ4v) is 4.71. The van der Waals surface area contributed by atoms with Gasteiger partial charge in [-0.2, -0.15) is 0 Å². The molecule has 92 valence electrons. The molecule has 4 aliphatic rings. The summed E-state index contributed by atoms with van der Waals surface area (Å²) in [6, 6.07) is 0. The number of allylic oxidation sites excluding steroid dienone is 4. The maximum atomic E-state index is 6.03. The Labute approximate surface area is 104 Å². The average molecular weight is 230 g/mol. The minimum absolute atomic E-state index is 0.762. The van der Waals surface area contributed by atoms with Crippen LogP contribution in [0.3, 0.4) is 0 Å². The van der Waals surface area contributed by atoms with Gasteiger partial charge in [-0.1, -0.05) is 18.6 Å². The van der Waals surface area contributed by atoms with Gasteiger partial charge in [-0.05, 0) is 61.9 Å². The molecule has 1 aliphatic heterocycles. The van der Waals surface area contributed by atoms with E-state index < -0.39 is 0 Å². The fourth-order valence-electron chi connectivity index (χ4n) is 4.71. The Kier molecular flexibility index (Phi) is 2.34. The highest BCUT2D eigenvalue weighted by Crippen LogP contribution is 2.51. The maximum Gasteiger partial charge on any atom is 0.102 e. The van der Waals surface area contributed by atoms with E-state index >= 15 is 0 Å². The van der Waals surface area contributed by atoms with Gasteiger partial charge in [0.2, 0.25) is 0 Å². The second-order valence-electron chi connectivity index (χ2n) is 6.31. The van der Waals surface area contributed by atoms with Crippen LogP contribution in [0.15, 0.2) is 23.5 Å². The Morgan fingerprint density at radius 3 is 3.00 bits per heavy atom. The molecule has 2 fully saturated rings. The fraction of sp³-hybridized carbons (Fsp3) is 0.750. The second-order valence-corrected chi connectivity index (χ2v) is 6.31. The molecule has 0 bridgehead atoms. The predicted octanol–water partition coefficient (Wildman–Crippen LogP) is 4.06. The van der Waals surface area contributed by atoms with Gasteiger partial charge in [0.05, 0.1) is 6.61 Å². The Morgan fingerprint density at radius 2 is 2.00 bits per heavy atom. The van der Waals surface area contributed by atoms with Gasteiger partial charge < -0.3 is 4.74 Å². The lowest BCUT2D eigenvalue weighted by Gasteiger charge is -2.41. The van der Waals surface area contributed by atoms with Crippen LogP contribution in [0.25, 0.3) is 0 Å². The van der Waals surface area contributed by atoms with Crippen LogP contribution in [0.2, 0.25) is 0 Å². The molecule has 0 spiro atoms. The van der Waals surface area contributed by atoms with E-state index in [1.807, 2.05) is 0 Å². The van der Waals surface area contributed by atoms with E-state index in [-0.39, 0.29) is 0 Å². The van der Waals surface area contributed by atoms with Gasteiger partial charge in [0.1, 0.15) is 5.76 Å². The Morgan fingerprint density at radius 1 is 1.00 bits per heavy atom. The van der Waals surface area contributed by atoms with E-state index in [2.05, 4.69) is 12.2 Å². The molecule has 0 N–H and O–H groups in total. The van der Waals surface area contributed by atoms with Gasteiger partial charge in [0, 0.05) is 5.92 Å². The minimum Gasteiger partial charge on any atom is -0.497 e. The molecule has 4 atom stereocenters. The smallest absolute Gasteiger partial charge is 0.102 e. The van der Waals surface area contributed by atoms with Gasteiger partial charge >= 0.3 is 0 Å². The summed E-state index contributed by atoms with van der Waals surface area (Å²) >= 11 is 0. The maximum absolute atomic E-state index is 6.03. The lowest BCUT2D eigenvalue weighted by atomic mass is 9.67. The predicted molar refractivity (Wildman–Crippen MR) is 68.4 cm³/mol. The van der Waals surface area contributed by atoms with Gasteiger partial charge in [-0.25, -0.2) is 0 Å². The number of fused-ring (bicyclic) bond motifs is 4. The van der Waals surface area contributed by atoms with Crippen molar-refractivity contribution in [2.45, 2.75) is 44.9 Å². The summed E-state index contributed by atoms with van der Waals surface area (Å²) in [6.07, 6.45) is 14.7. The van der Waals surface area contributed by atoms with Crippen molar-refractivity contribution in [1.82, 2.24) is 0 Å². The van der Waals surface area contributed by atoms with Crippen molar-refractivity contribution in [3.63, 3.8) is 0 Å². The van der Waals surface area contributed by atoms with Crippen molar-refractivity contribution < 1.29 is 4.74 Å². The Hall–Kier alpha value is -0.720. The van der Waals surface area contributed by atoms with E-state index in [0.29, 0.717) is 0 Å². The summed E-state index contributed by atoms with van der Waals surface area (Å²) in [5.41, 5.74) is 1.60. The van der Waals surface area contributed by atoms with Gasteiger partial charge in [0.25, 0.3) is 0 Å². The normalized spacial score (nSPS) is 43.8. The van der Waals surface area contributed by atoms with Gasteiger partial charge in [0.15, 0.2) is 0 Å². The first-order chi connectivity index (χ1) is 8.43. The summed E-state index contributed by atoms with van der Waals surface area (Å²) in [5.74, 6) is 4.85. The van der Waals surface area contributed by atoms with Crippen LogP contribution >= 0.6 is 0 Å². The van der Waals surface area contributed by atoms with E-state index in [1.165, 1.54) is 50.7 Å². The van der Waals surface area contributed by atoms with Crippen molar-refractivity contribution in [3.8, 4) is 0 Å². The summed E-state index contributed by atoms with van der Waals surface area (Å²) in [4.78, 5) is 0. The van der Waals surface area contributed by atoms with Gasteiger partial charge in [-0.15, -0.1) is 0 Å². The average Bonchev–Trinajstić information content (AvgIpc) is 2.86.